The second-order valence-corrected chi connectivity index (χ2v) is 6.42. The van der Waals surface area contributed by atoms with Crippen molar-refractivity contribution in [2.24, 2.45) is 0 Å². The van der Waals surface area contributed by atoms with E-state index >= 15 is 0 Å². The fraction of sp³-hybridized carbons (Fsp3) is 0.0625. The fourth-order valence-electron chi connectivity index (χ4n) is 2.09. The van der Waals surface area contributed by atoms with E-state index in [1.165, 1.54) is 10.5 Å². The highest BCUT2D eigenvalue weighted by Crippen LogP contribution is 2.29. The maximum Gasteiger partial charge on any atom is 0.0763 e. The number of thioether (sulfide) groups is 1. The lowest BCUT2D eigenvalue weighted by Gasteiger charge is -2.08. The van der Waals surface area contributed by atoms with Gasteiger partial charge in [0.15, 0.2) is 0 Å². The summed E-state index contributed by atoms with van der Waals surface area (Å²) in [6.45, 7) is 0. The van der Waals surface area contributed by atoms with Gasteiger partial charge >= 0.3 is 0 Å². The van der Waals surface area contributed by atoms with E-state index in [0.29, 0.717) is 0 Å². The monoisotopic (exact) mass is 344 g/mol. The quantitative estimate of drug-likeness (QED) is 0.544. The highest BCUT2D eigenvalue weighted by Gasteiger charge is 2.05. The third-order valence-electron chi connectivity index (χ3n) is 3.08. The van der Waals surface area contributed by atoms with Gasteiger partial charge in [-0.05, 0) is 42.0 Å². The van der Waals surface area contributed by atoms with E-state index in [-0.39, 0.29) is 0 Å². The molecule has 0 atom stereocenters. The van der Waals surface area contributed by atoms with Gasteiger partial charge < -0.3 is 5.73 Å². The van der Waals surface area contributed by atoms with Crippen LogP contribution in [0.1, 0.15) is 5.56 Å². The first kappa shape index (κ1) is 13.5. The van der Waals surface area contributed by atoms with Crippen LogP contribution in [-0.2, 0) is 5.75 Å². The van der Waals surface area contributed by atoms with Crippen LogP contribution < -0.4 is 5.73 Å². The molecule has 100 valence electrons. The molecule has 0 fully saturated rings. The Hall–Kier alpha value is -1.52. The second-order valence-electron chi connectivity index (χ2n) is 4.46. The van der Waals surface area contributed by atoms with Crippen LogP contribution >= 0.6 is 27.7 Å². The minimum atomic E-state index is 0.782. The van der Waals surface area contributed by atoms with Crippen LogP contribution in [0.25, 0.3) is 10.9 Å². The molecule has 0 bridgehead atoms. The number of nitrogen functional groups attached to an aromatic ring is 1. The molecule has 0 saturated carbocycles. The van der Waals surface area contributed by atoms with Crippen molar-refractivity contribution in [3.8, 4) is 0 Å². The number of fused-ring (bicyclic) bond motifs is 1. The Bertz CT molecular complexity index is 758. The van der Waals surface area contributed by atoms with Gasteiger partial charge in [-0.1, -0.05) is 28.1 Å². The topological polar surface area (TPSA) is 38.9 Å². The molecule has 20 heavy (non-hydrogen) atoms. The lowest BCUT2D eigenvalue weighted by molar-refractivity contribution is 1.34. The largest absolute Gasteiger partial charge is 0.398 e. The third kappa shape index (κ3) is 2.81. The fourth-order valence-corrected chi connectivity index (χ4v) is 3.58. The Morgan fingerprint density at radius 2 is 2.00 bits per heavy atom. The van der Waals surface area contributed by atoms with Gasteiger partial charge in [0, 0.05) is 32.4 Å². The normalized spacial score (nSPS) is 10.8. The summed E-state index contributed by atoms with van der Waals surface area (Å²) in [6.07, 6.45) is 1.81. The number of hydrogen-bond donors (Lipinski definition) is 1. The summed E-state index contributed by atoms with van der Waals surface area (Å²) in [4.78, 5) is 5.71. The summed E-state index contributed by atoms with van der Waals surface area (Å²) >= 11 is 5.29. The Labute approximate surface area is 130 Å². The van der Waals surface area contributed by atoms with Crippen LogP contribution in [0.2, 0.25) is 0 Å². The number of anilines is 1. The van der Waals surface area contributed by atoms with Crippen molar-refractivity contribution in [3.63, 3.8) is 0 Å². The number of rotatable bonds is 3. The minimum Gasteiger partial charge on any atom is -0.398 e. The lowest BCUT2D eigenvalue weighted by atomic mass is 10.1. The van der Waals surface area contributed by atoms with Crippen molar-refractivity contribution in [2.45, 2.75) is 10.6 Å². The molecule has 0 aliphatic carbocycles. The maximum atomic E-state index is 6.00. The molecule has 0 radical (unpaired) electrons. The molecule has 0 aliphatic rings. The molecule has 1 heterocycles. The number of nitrogens with zero attached hydrogens (tertiary/aromatic N) is 1. The molecule has 0 amide bonds. The van der Waals surface area contributed by atoms with Gasteiger partial charge in [-0.2, -0.15) is 0 Å². The maximum absolute atomic E-state index is 6.00. The molecule has 0 aliphatic heterocycles. The molecule has 3 aromatic rings. The summed E-state index contributed by atoms with van der Waals surface area (Å²) in [5, 5.41) is 1.03. The first-order valence-electron chi connectivity index (χ1n) is 6.24. The van der Waals surface area contributed by atoms with E-state index < -0.39 is 0 Å². The molecular weight excluding hydrogens is 332 g/mol. The molecule has 0 unspecified atom stereocenters. The molecule has 0 saturated heterocycles. The Balaban J connectivity index is 1.90. The average molecular weight is 345 g/mol. The summed E-state index contributed by atoms with van der Waals surface area (Å²) in [5.74, 6) is 0.879. The van der Waals surface area contributed by atoms with E-state index in [9.17, 15) is 0 Å². The summed E-state index contributed by atoms with van der Waals surface area (Å²) < 4.78 is 1.10. The molecule has 2 N–H and O–H groups in total. The number of aromatic nitrogens is 1. The Morgan fingerprint density at radius 1 is 1.10 bits per heavy atom. The van der Waals surface area contributed by atoms with E-state index in [2.05, 4.69) is 39.1 Å². The smallest absolute Gasteiger partial charge is 0.0763 e. The van der Waals surface area contributed by atoms with Crippen molar-refractivity contribution in [1.29, 1.82) is 0 Å². The van der Waals surface area contributed by atoms with Crippen LogP contribution in [0.15, 0.2) is 64.1 Å². The zero-order valence-corrected chi connectivity index (χ0v) is 13.1. The van der Waals surface area contributed by atoms with E-state index in [4.69, 9.17) is 5.73 Å². The van der Waals surface area contributed by atoms with E-state index in [1.807, 2.05) is 36.5 Å². The zero-order chi connectivity index (χ0) is 13.9. The molecule has 3 rings (SSSR count). The number of benzene rings is 2. The van der Waals surface area contributed by atoms with Crippen molar-refractivity contribution in [1.82, 2.24) is 4.98 Å². The number of nitrogens with two attached hydrogens (primary N) is 1. The second kappa shape index (κ2) is 5.85. The predicted octanol–water partition coefficient (Wildman–Crippen LogP) is 4.87. The SMILES string of the molecule is Nc1ccc(CSc2cccc(Br)c2)c2ncccc12. The number of pyridine rings is 1. The number of hydrogen-bond acceptors (Lipinski definition) is 3. The molecule has 4 heteroatoms. The standard InChI is InChI=1S/C16H13BrN2S/c17-12-3-1-4-13(9-12)20-10-11-6-7-15(18)14-5-2-8-19-16(11)14/h1-9H,10,18H2. The Kier molecular flexibility index (Phi) is 3.94. The molecular formula is C16H13BrN2S. The molecule has 0 spiro atoms. The highest BCUT2D eigenvalue weighted by atomic mass is 79.9. The van der Waals surface area contributed by atoms with Gasteiger partial charge in [0.25, 0.3) is 0 Å². The lowest BCUT2D eigenvalue weighted by Crippen LogP contribution is -1.92. The van der Waals surface area contributed by atoms with Gasteiger partial charge in [0.05, 0.1) is 5.52 Å². The zero-order valence-electron chi connectivity index (χ0n) is 10.7. The summed E-state index contributed by atoms with van der Waals surface area (Å²) in [6, 6.07) is 16.3. The molecule has 1 aromatic heterocycles. The summed E-state index contributed by atoms with van der Waals surface area (Å²) in [7, 11) is 0. The van der Waals surface area contributed by atoms with Crippen molar-refractivity contribution < 1.29 is 0 Å². The van der Waals surface area contributed by atoms with Gasteiger partial charge in [-0.3, -0.25) is 4.98 Å². The van der Waals surface area contributed by atoms with Crippen molar-refractivity contribution >= 4 is 44.3 Å². The van der Waals surface area contributed by atoms with E-state index in [0.717, 1.165) is 26.8 Å². The van der Waals surface area contributed by atoms with Crippen LogP contribution in [0.3, 0.4) is 0 Å². The van der Waals surface area contributed by atoms with Crippen molar-refractivity contribution in [2.75, 3.05) is 5.73 Å². The third-order valence-corrected chi connectivity index (χ3v) is 4.61. The highest BCUT2D eigenvalue weighted by molar-refractivity contribution is 9.10. The van der Waals surface area contributed by atoms with Gasteiger partial charge in [0.1, 0.15) is 0 Å². The Morgan fingerprint density at radius 3 is 2.85 bits per heavy atom. The van der Waals surface area contributed by atoms with Gasteiger partial charge in [0.2, 0.25) is 0 Å². The molecule has 2 aromatic carbocycles. The van der Waals surface area contributed by atoms with Gasteiger partial charge in [-0.25, -0.2) is 0 Å². The first-order valence-corrected chi connectivity index (χ1v) is 8.02. The molecule has 2 nitrogen and oxygen atoms in total. The summed E-state index contributed by atoms with van der Waals surface area (Å²) in [5.41, 5.74) is 8.98. The first-order chi connectivity index (χ1) is 9.74. The van der Waals surface area contributed by atoms with Gasteiger partial charge in [-0.15, -0.1) is 11.8 Å². The van der Waals surface area contributed by atoms with E-state index in [1.54, 1.807) is 11.8 Å². The van der Waals surface area contributed by atoms with Crippen LogP contribution in [0.5, 0.6) is 0 Å². The predicted molar refractivity (Wildman–Crippen MR) is 89.9 cm³/mol. The number of halogens is 1. The minimum absolute atomic E-state index is 0.782. The average Bonchev–Trinajstić information content (AvgIpc) is 2.47. The van der Waals surface area contributed by atoms with Crippen LogP contribution in [0.4, 0.5) is 5.69 Å². The van der Waals surface area contributed by atoms with Crippen molar-refractivity contribution in [3.05, 3.63) is 64.8 Å². The van der Waals surface area contributed by atoms with Crippen LogP contribution in [0, 0.1) is 0 Å². The van der Waals surface area contributed by atoms with Crippen LogP contribution in [-0.4, -0.2) is 4.98 Å².